The van der Waals surface area contributed by atoms with Gasteiger partial charge >= 0.3 is 0 Å². The van der Waals surface area contributed by atoms with Gasteiger partial charge in [0.25, 0.3) is 5.69 Å². The van der Waals surface area contributed by atoms with Crippen molar-refractivity contribution in [2.24, 2.45) is 0 Å². The second-order valence-electron chi connectivity index (χ2n) is 3.70. The lowest BCUT2D eigenvalue weighted by molar-refractivity contribution is -0.384. The maximum absolute atomic E-state index is 10.6. The minimum atomic E-state index is -0.517. The van der Waals surface area contributed by atoms with Gasteiger partial charge in [0.2, 0.25) is 0 Å². The third kappa shape index (κ3) is 4.54. The first kappa shape index (κ1) is 13.7. The Morgan fingerprint density at radius 3 is 2.94 bits per heavy atom. The number of aliphatic hydroxyl groups excluding tert-OH is 1. The van der Waals surface area contributed by atoms with Crippen LogP contribution in [0.2, 0.25) is 5.15 Å². The molecule has 2 N–H and O–H groups in total. The zero-order valence-electron chi connectivity index (χ0n) is 9.39. The molecule has 7 heteroatoms. The van der Waals surface area contributed by atoms with Crippen molar-refractivity contribution in [3.8, 4) is 0 Å². The van der Waals surface area contributed by atoms with Gasteiger partial charge in [0, 0.05) is 12.6 Å². The molecule has 1 unspecified atom stereocenters. The summed E-state index contributed by atoms with van der Waals surface area (Å²) in [5, 5.41) is 22.4. The molecule has 1 atom stereocenters. The molecule has 0 aromatic carbocycles. The third-order valence-electron chi connectivity index (χ3n) is 2.18. The number of nitrogens with one attached hydrogen (secondary N) is 1. The van der Waals surface area contributed by atoms with Crippen molar-refractivity contribution in [3.05, 3.63) is 27.4 Å². The van der Waals surface area contributed by atoms with Crippen LogP contribution in [-0.2, 0) is 0 Å². The average Bonchev–Trinajstić information content (AvgIpc) is 2.25. The fourth-order valence-corrected chi connectivity index (χ4v) is 1.59. The number of nitrogens with zero attached hydrogens (tertiary/aromatic N) is 2. The number of halogens is 1. The minimum Gasteiger partial charge on any atom is -0.396 e. The van der Waals surface area contributed by atoms with Crippen LogP contribution in [0.15, 0.2) is 12.1 Å². The van der Waals surface area contributed by atoms with Crippen molar-refractivity contribution in [3.63, 3.8) is 0 Å². The second-order valence-corrected chi connectivity index (χ2v) is 4.09. The van der Waals surface area contributed by atoms with E-state index < -0.39 is 4.92 Å². The Kier molecular flexibility index (Phi) is 5.11. The number of anilines is 1. The van der Waals surface area contributed by atoms with Crippen LogP contribution in [0.4, 0.5) is 11.5 Å². The summed E-state index contributed by atoms with van der Waals surface area (Å²) >= 11 is 5.69. The van der Waals surface area contributed by atoms with Crippen molar-refractivity contribution in [1.82, 2.24) is 4.98 Å². The first-order valence-electron chi connectivity index (χ1n) is 5.22. The summed E-state index contributed by atoms with van der Waals surface area (Å²) in [6, 6.07) is 2.60. The van der Waals surface area contributed by atoms with E-state index in [2.05, 4.69) is 10.3 Å². The lowest BCUT2D eigenvalue weighted by Crippen LogP contribution is -2.16. The monoisotopic (exact) mass is 259 g/mol. The van der Waals surface area contributed by atoms with Crippen LogP contribution in [0, 0.1) is 10.1 Å². The first-order chi connectivity index (χ1) is 8.02. The molecule has 1 aromatic heterocycles. The second kappa shape index (κ2) is 6.36. The fraction of sp³-hybridized carbons (Fsp3) is 0.500. The molecule has 0 amide bonds. The zero-order valence-corrected chi connectivity index (χ0v) is 10.1. The van der Waals surface area contributed by atoms with Gasteiger partial charge in [-0.25, -0.2) is 4.98 Å². The van der Waals surface area contributed by atoms with Crippen LogP contribution in [-0.4, -0.2) is 27.7 Å². The molecular weight excluding hydrogens is 246 g/mol. The van der Waals surface area contributed by atoms with Gasteiger partial charge in [-0.1, -0.05) is 11.6 Å². The van der Waals surface area contributed by atoms with Crippen molar-refractivity contribution >= 4 is 23.1 Å². The van der Waals surface area contributed by atoms with Crippen molar-refractivity contribution in [1.29, 1.82) is 0 Å². The lowest BCUT2D eigenvalue weighted by Gasteiger charge is -2.13. The molecule has 94 valence electrons. The van der Waals surface area contributed by atoms with E-state index in [1.807, 2.05) is 6.92 Å². The average molecular weight is 260 g/mol. The van der Waals surface area contributed by atoms with Gasteiger partial charge in [-0.05, 0) is 19.8 Å². The summed E-state index contributed by atoms with van der Waals surface area (Å²) < 4.78 is 0. The van der Waals surface area contributed by atoms with Gasteiger partial charge < -0.3 is 10.4 Å². The molecule has 0 aliphatic rings. The van der Waals surface area contributed by atoms with Gasteiger partial charge in [0.05, 0.1) is 17.1 Å². The molecule has 0 fully saturated rings. The van der Waals surface area contributed by atoms with Crippen LogP contribution in [0.5, 0.6) is 0 Å². The summed E-state index contributed by atoms with van der Waals surface area (Å²) in [5.74, 6) is 0.370. The smallest absolute Gasteiger partial charge is 0.276 e. The Bertz CT molecular complexity index is 400. The fourth-order valence-electron chi connectivity index (χ4n) is 1.38. The van der Waals surface area contributed by atoms with Crippen molar-refractivity contribution in [2.45, 2.75) is 25.8 Å². The SMILES string of the molecule is CC(CCCO)Nc1cc([N+](=O)[O-])cc(Cl)n1. The molecule has 0 aliphatic carbocycles. The molecule has 0 spiro atoms. The maximum Gasteiger partial charge on any atom is 0.276 e. The summed E-state index contributed by atoms with van der Waals surface area (Å²) in [5.41, 5.74) is -0.0955. The topological polar surface area (TPSA) is 88.3 Å². The standard InChI is InChI=1S/C10H14ClN3O3/c1-7(3-2-4-15)12-10-6-8(14(16)17)5-9(11)13-10/h5-7,15H,2-4H2,1H3,(H,12,13). The molecular formula is C10H14ClN3O3. The molecule has 0 radical (unpaired) electrons. The number of nitro groups is 1. The Labute approximate surface area is 104 Å². The zero-order chi connectivity index (χ0) is 12.8. The third-order valence-corrected chi connectivity index (χ3v) is 2.37. The molecule has 1 aromatic rings. The van der Waals surface area contributed by atoms with E-state index in [-0.39, 0.29) is 23.5 Å². The summed E-state index contributed by atoms with van der Waals surface area (Å²) in [7, 11) is 0. The number of rotatable bonds is 6. The summed E-state index contributed by atoms with van der Waals surface area (Å²) in [6.07, 6.45) is 1.41. The number of aliphatic hydroxyl groups is 1. The molecule has 6 nitrogen and oxygen atoms in total. The summed E-state index contributed by atoms with van der Waals surface area (Å²) in [4.78, 5) is 14.1. The number of aromatic nitrogens is 1. The highest BCUT2D eigenvalue weighted by atomic mass is 35.5. The van der Waals surface area contributed by atoms with E-state index >= 15 is 0 Å². The maximum atomic E-state index is 10.6. The molecule has 0 aliphatic heterocycles. The highest BCUT2D eigenvalue weighted by molar-refractivity contribution is 6.29. The van der Waals surface area contributed by atoms with Crippen molar-refractivity contribution < 1.29 is 10.0 Å². The predicted octanol–water partition coefficient (Wildman–Crippen LogP) is 2.22. The van der Waals surface area contributed by atoms with E-state index in [9.17, 15) is 10.1 Å². The van der Waals surface area contributed by atoms with Gasteiger partial charge in [-0.3, -0.25) is 10.1 Å². The largest absolute Gasteiger partial charge is 0.396 e. The molecule has 0 saturated heterocycles. The molecule has 0 saturated carbocycles. The quantitative estimate of drug-likeness (QED) is 0.465. The molecule has 1 rings (SSSR count). The van der Waals surface area contributed by atoms with E-state index in [0.717, 1.165) is 6.42 Å². The van der Waals surface area contributed by atoms with Gasteiger partial charge in [-0.2, -0.15) is 0 Å². The van der Waals surface area contributed by atoms with E-state index in [4.69, 9.17) is 16.7 Å². The normalized spacial score (nSPS) is 12.2. The van der Waals surface area contributed by atoms with Gasteiger partial charge in [-0.15, -0.1) is 0 Å². The molecule has 17 heavy (non-hydrogen) atoms. The van der Waals surface area contributed by atoms with Crippen LogP contribution in [0.1, 0.15) is 19.8 Å². The number of pyridine rings is 1. The van der Waals surface area contributed by atoms with Gasteiger partial charge in [0.15, 0.2) is 0 Å². The highest BCUT2D eigenvalue weighted by Gasteiger charge is 2.11. The molecule has 0 bridgehead atoms. The van der Waals surface area contributed by atoms with E-state index in [1.54, 1.807) is 0 Å². The summed E-state index contributed by atoms with van der Waals surface area (Å²) in [6.45, 7) is 2.03. The Hall–Kier alpha value is -1.40. The van der Waals surface area contributed by atoms with Crippen LogP contribution in [0.25, 0.3) is 0 Å². The number of hydrogen-bond acceptors (Lipinski definition) is 5. The Balaban J connectivity index is 2.73. The van der Waals surface area contributed by atoms with Crippen LogP contribution in [0.3, 0.4) is 0 Å². The minimum absolute atomic E-state index is 0.0627. The molecule has 1 heterocycles. The van der Waals surface area contributed by atoms with E-state index in [0.29, 0.717) is 12.2 Å². The van der Waals surface area contributed by atoms with Crippen LogP contribution < -0.4 is 5.32 Å². The predicted molar refractivity (Wildman–Crippen MR) is 65.3 cm³/mol. The Morgan fingerprint density at radius 1 is 1.65 bits per heavy atom. The Morgan fingerprint density at radius 2 is 2.35 bits per heavy atom. The van der Waals surface area contributed by atoms with Gasteiger partial charge in [0.1, 0.15) is 11.0 Å². The number of hydrogen-bond donors (Lipinski definition) is 2. The highest BCUT2D eigenvalue weighted by Crippen LogP contribution is 2.21. The lowest BCUT2D eigenvalue weighted by atomic mass is 10.2. The van der Waals surface area contributed by atoms with E-state index in [1.165, 1.54) is 12.1 Å². The van der Waals surface area contributed by atoms with Crippen molar-refractivity contribution in [2.75, 3.05) is 11.9 Å². The first-order valence-corrected chi connectivity index (χ1v) is 5.60. The van der Waals surface area contributed by atoms with Crippen LogP contribution >= 0.6 is 11.6 Å².